The third-order valence-electron chi connectivity index (χ3n) is 4.08. The average molecular weight is 417 g/mol. The molecule has 1 atom stereocenters. The van der Waals surface area contributed by atoms with Crippen molar-refractivity contribution in [1.82, 2.24) is 15.0 Å². The third-order valence-corrected chi connectivity index (χ3v) is 4.90. The highest BCUT2D eigenvalue weighted by molar-refractivity contribution is 7.16. The Balaban J connectivity index is 1.72. The molecule has 0 aliphatic carbocycles. The van der Waals surface area contributed by atoms with E-state index in [0.29, 0.717) is 15.7 Å². The van der Waals surface area contributed by atoms with Gasteiger partial charge in [-0.05, 0) is 18.6 Å². The fourth-order valence-electron chi connectivity index (χ4n) is 2.52. The summed E-state index contributed by atoms with van der Waals surface area (Å²) < 4.78 is 0. The van der Waals surface area contributed by atoms with Gasteiger partial charge in [-0.25, -0.2) is 9.97 Å². The maximum atomic E-state index is 12.5. The average Bonchev–Trinajstić information content (AvgIpc) is 3.21. The molecular weight excluding hydrogens is 402 g/mol. The lowest BCUT2D eigenvalue weighted by Crippen LogP contribution is -2.18. The Labute approximate surface area is 176 Å². The number of anilines is 2. The molecule has 0 saturated carbocycles. The van der Waals surface area contributed by atoms with Crippen molar-refractivity contribution in [1.29, 1.82) is 10.5 Å². The van der Waals surface area contributed by atoms with Crippen LogP contribution in [0.2, 0.25) is 0 Å². The van der Waals surface area contributed by atoms with Gasteiger partial charge in [0, 0.05) is 5.56 Å². The van der Waals surface area contributed by atoms with Crippen LogP contribution < -0.4 is 10.6 Å². The summed E-state index contributed by atoms with van der Waals surface area (Å²) in [5.74, 6) is -0.906. The molecule has 9 nitrogen and oxygen atoms in total. The topological polar surface area (TPSA) is 144 Å². The Morgan fingerprint density at radius 3 is 2.63 bits per heavy atom. The molecule has 3 rings (SSSR count). The molecule has 3 aromatic rings. The van der Waals surface area contributed by atoms with Gasteiger partial charge in [-0.1, -0.05) is 29.5 Å². The number of nitriles is 2. The van der Waals surface area contributed by atoms with E-state index in [9.17, 15) is 9.59 Å². The molecule has 1 aromatic carbocycles. The van der Waals surface area contributed by atoms with E-state index in [2.05, 4.69) is 25.6 Å². The number of carbonyl (C=O) groups excluding carboxylic acids is 2. The van der Waals surface area contributed by atoms with Crippen molar-refractivity contribution in [3.8, 4) is 23.4 Å². The molecule has 2 amide bonds. The Bertz CT molecular complexity index is 1160. The molecule has 148 valence electrons. The van der Waals surface area contributed by atoms with Gasteiger partial charge in [0.25, 0.3) is 0 Å². The Morgan fingerprint density at radius 1 is 1.13 bits per heavy atom. The number of rotatable bonds is 6. The molecule has 30 heavy (non-hydrogen) atoms. The van der Waals surface area contributed by atoms with Crippen LogP contribution in [0.4, 0.5) is 10.9 Å². The van der Waals surface area contributed by atoms with Crippen molar-refractivity contribution in [3.63, 3.8) is 0 Å². The van der Waals surface area contributed by atoms with Crippen LogP contribution in [-0.2, 0) is 9.59 Å². The summed E-state index contributed by atoms with van der Waals surface area (Å²) in [5.41, 5.74) is 2.10. The number of hydrogen-bond acceptors (Lipinski definition) is 8. The second-order valence-corrected chi connectivity index (χ2v) is 7.18. The molecular formula is C20H15N7O2S. The minimum Gasteiger partial charge on any atom is -0.309 e. The Hall–Kier alpha value is -4.15. The first kappa shape index (κ1) is 20.6. The molecule has 2 aromatic heterocycles. The fraction of sp³-hybridized carbons (Fsp3) is 0.150. The quantitative estimate of drug-likeness (QED) is 0.627. The highest BCUT2D eigenvalue weighted by atomic mass is 32.1. The van der Waals surface area contributed by atoms with E-state index in [1.807, 2.05) is 30.3 Å². The molecule has 0 fully saturated rings. The molecule has 10 heteroatoms. The van der Waals surface area contributed by atoms with Crippen LogP contribution in [0.1, 0.15) is 29.7 Å². The van der Waals surface area contributed by atoms with Crippen molar-refractivity contribution in [3.05, 3.63) is 53.3 Å². The van der Waals surface area contributed by atoms with Crippen LogP contribution in [0, 0.1) is 22.7 Å². The summed E-state index contributed by atoms with van der Waals surface area (Å²) in [6.45, 7) is 1.77. The third kappa shape index (κ3) is 5.01. The van der Waals surface area contributed by atoms with Gasteiger partial charge in [0.1, 0.15) is 17.4 Å². The summed E-state index contributed by atoms with van der Waals surface area (Å²) in [7, 11) is 0. The van der Waals surface area contributed by atoms with E-state index < -0.39 is 11.8 Å². The van der Waals surface area contributed by atoms with Crippen LogP contribution in [0.15, 0.2) is 42.9 Å². The summed E-state index contributed by atoms with van der Waals surface area (Å²) >= 11 is 1.11. The zero-order valence-corrected chi connectivity index (χ0v) is 16.6. The van der Waals surface area contributed by atoms with Crippen molar-refractivity contribution >= 4 is 34.1 Å². The van der Waals surface area contributed by atoms with Gasteiger partial charge in [0.05, 0.1) is 36.3 Å². The van der Waals surface area contributed by atoms with Gasteiger partial charge in [-0.2, -0.15) is 10.5 Å². The first-order valence-corrected chi connectivity index (χ1v) is 9.57. The molecule has 0 bridgehead atoms. The minimum atomic E-state index is -0.461. The maximum absolute atomic E-state index is 12.5. The van der Waals surface area contributed by atoms with Gasteiger partial charge < -0.3 is 10.6 Å². The number of benzene rings is 1. The molecule has 0 spiro atoms. The molecule has 0 saturated heterocycles. The number of nitrogens with one attached hydrogen (secondary N) is 2. The first-order valence-electron chi connectivity index (χ1n) is 8.76. The number of aromatic nitrogens is 3. The fourth-order valence-corrected chi connectivity index (χ4v) is 3.13. The van der Waals surface area contributed by atoms with Crippen LogP contribution >= 0.6 is 11.3 Å². The van der Waals surface area contributed by atoms with E-state index in [1.165, 1.54) is 18.6 Å². The van der Waals surface area contributed by atoms with Gasteiger partial charge >= 0.3 is 0 Å². The van der Waals surface area contributed by atoms with Crippen molar-refractivity contribution in [2.24, 2.45) is 0 Å². The van der Waals surface area contributed by atoms with E-state index in [1.54, 1.807) is 13.0 Å². The lowest BCUT2D eigenvalue weighted by molar-refractivity contribution is -0.117. The molecule has 0 unspecified atom stereocenters. The van der Waals surface area contributed by atoms with Crippen LogP contribution in [0.3, 0.4) is 0 Å². The molecule has 0 aliphatic rings. The van der Waals surface area contributed by atoms with Crippen LogP contribution in [0.25, 0.3) is 11.3 Å². The van der Waals surface area contributed by atoms with Crippen molar-refractivity contribution < 1.29 is 9.59 Å². The summed E-state index contributed by atoms with van der Waals surface area (Å²) in [4.78, 5) is 36.8. The van der Waals surface area contributed by atoms with Gasteiger partial charge in [-0.15, -0.1) is 0 Å². The number of hydrogen-bond donors (Lipinski definition) is 2. The highest BCUT2D eigenvalue weighted by Crippen LogP contribution is 2.25. The van der Waals surface area contributed by atoms with E-state index in [-0.39, 0.29) is 18.1 Å². The zero-order chi connectivity index (χ0) is 21.5. The summed E-state index contributed by atoms with van der Waals surface area (Å²) in [6, 6.07) is 11.1. The number of nitrogens with zero attached hydrogens (tertiary/aromatic N) is 5. The Kier molecular flexibility index (Phi) is 6.42. The minimum absolute atomic E-state index is 0.243. The maximum Gasteiger partial charge on any atom is 0.239 e. The van der Waals surface area contributed by atoms with Gasteiger partial charge in [0.2, 0.25) is 11.8 Å². The van der Waals surface area contributed by atoms with Crippen LogP contribution in [0.5, 0.6) is 0 Å². The molecule has 2 heterocycles. The number of amides is 2. The smallest absolute Gasteiger partial charge is 0.239 e. The predicted octanol–water partition coefficient (Wildman–Crippen LogP) is 3.07. The van der Waals surface area contributed by atoms with E-state index >= 15 is 0 Å². The standard InChI is InChI=1S/C20H15N7O2S/c1-12(19(29)27-20-25-9-15(8-22)30-20)13-3-2-4-14(7-13)16-10-24-17(11-23-16)26-18(28)5-6-21/h2-4,7,9-12H,5H2,1H3,(H,24,26,28)(H,25,27,29)/t12-/m0/s1. The highest BCUT2D eigenvalue weighted by Gasteiger charge is 2.17. The van der Waals surface area contributed by atoms with E-state index in [0.717, 1.165) is 22.5 Å². The second-order valence-electron chi connectivity index (χ2n) is 6.15. The molecule has 0 radical (unpaired) electrons. The monoisotopic (exact) mass is 417 g/mol. The Morgan fingerprint density at radius 2 is 1.97 bits per heavy atom. The lowest BCUT2D eigenvalue weighted by atomic mass is 9.97. The number of carbonyl (C=O) groups is 2. The van der Waals surface area contributed by atoms with Crippen molar-refractivity contribution in [2.45, 2.75) is 19.3 Å². The van der Waals surface area contributed by atoms with Crippen LogP contribution in [-0.4, -0.2) is 26.8 Å². The molecule has 0 aliphatic heterocycles. The van der Waals surface area contributed by atoms with Gasteiger partial charge in [0.15, 0.2) is 10.9 Å². The van der Waals surface area contributed by atoms with Gasteiger partial charge in [-0.3, -0.25) is 14.6 Å². The first-order chi connectivity index (χ1) is 14.5. The summed E-state index contributed by atoms with van der Waals surface area (Å²) in [5, 5.41) is 23.0. The predicted molar refractivity (Wildman–Crippen MR) is 110 cm³/mol. The normalized spacial score (nSPS) is 11.0. The lowest BCUT2D eigenvalue weighted by Gasteiger charge is -2.12. The van der Waals surface area contributed by atoms with E-state index in [4.69, 9.17) is 10.5 Å². The largest absolute Gasteiger partial charge is 0.309 e. The van der Waals surface area contributed by atoms with Crippen molar-refractivity contribution in [2.75, 3.05) is 10.6 Å². The number of thiazole rings is 1. The summed E-state index contributed by atoms with van der Waals surface area (Å²) in [6.07, 6.45) is 4.06. The second kappa shape index (κ2) is 9.37. The molecule has 2 N–H and O–H groups in total. The zero-order valence-electron chi connectivity index (χ0n) is 15.8. The SMILES string of the molecule is C[C@H](C(=O)Nc1ncc(C#N)s1)c1cccc(-c2cnc(NC(=O)CC#N)cn2)c1.